The van der Waals surface area contributed by atoms with Crippen molar-refractivity contribution in [3.63, 3.8) is 0 Å². The molecule has 8 heteroatoms. The summed E-state index contributed by atoms with van der Waals surface area (Å²) in [6.45, 7) is 0. The predicted octanol–water partition coefficient (Wildman–Crippen LogP) is 3.10. The second-order valence-corrected chi connectivity index (χ2v) is 5.63. The van der Waals surface area contributed by atoms with E-state index in [0.29, 0.717) is 21.9 Å². The average molecular weight is 312 g/mol. The topological polar surface area (TPSA) is 56.7 Å². The SMILES string of the molecule is Cn1nc(C(N)c2cnc(C(F)(F)F)s2)c2ccccc21. The van der Waals surface area contributed by atoms with Crippen LogP contribution in [0.5, 0.6) is 0 Å². The van der Waals surface area contributed by atoms with Gasteiger partial charge in [0.2, 0.25) is 0 Å². The molecule has 4 nitrogen and oxygen atoms in total. The summed E-state index contributed by atoms with van der Waals surface area (Å²) in [5, 5.41) is 4.26. The van der Waals surface area contributed by atoms with Crippen LogP contribution in [0, 0.1) is 0 Å². The predicted molar refractivity (Wildman–Crippen MR) is 73.9 cm³/mol. The number of thiazole rings is 1. The van der Waals surface area contributed by atoms with Crippen molar-refractivity contribution in [3.05, 3.63) is 46.0 Å². The fourth-order valence-corrected chi connectivity index (χ4v) is 2.96. The van der Waals surface area contributed by atoms with Crippen molar-refractivity contribution in [3.8, 4) is 0 Å². The molecule has 21 heavy (non-hydrogen) atoms. The van der Waals surface area contributed by atoms with Gasteiger partial charge in [0.25, 0.3) is 0 Å². The maximum atomic E-state index is 12.6. The molecule has 2 N–H and O–H groups in total. The normalized spacial score (nSPS) is 13.8. The van der Waals surface area contributed by atoms with Crippen LogP contribution in [0.4, 0.5) is 13.2 Å². The van der Waals surface area contributed by atoms with Gasteiger partial charge in [-0.1, -0.05) is 18.2 Å². The zero-order chi connectivity index (χ0) is 15.2. The molecule has 0 bridgehead atoms. The number of alkyl halides is 3. The van der Waals surface area contributed by atoms with Crippen LogP contribution in [0.3, 0.4) is 0 Å². The molecule has 3 aromatic rings. The Morgan fingerprint density at radius 2 is 2.00 bits per heavy atom. The minimum Gasteiger partial charge on any atom is -0.318 e. The van der Waals surface area contributed by atoms with Gasteiger partial charge in [0.05, 0.1) is 17.3 Å². The average Bonchev–Trinajstić information content (AvgIpc) is 3.04. The molecule has 0 spiro atoms. The fraction of sp³-hybridized carbons (Fsp3) is 0.231. The van der Waals surface area contributed by atoms with Gasteiger partial charge >= 0.3 is 6.18 Å². The number of halogens is 3. The van der Waals surface area contributed by atoms with E-state index in [2.05, 4.69) is 10.1 Å². The van der Waals surface area contributed by atoms with Crippen LogP contribution in [0.1, 0.15) is 21.6 Å². The summed E-state index contributed by atoms with van der Waals surface area (Å²) in [6.07, 6.45) is -3.28. The number of aryl methyl sites for hydroxylation is 1. The van der Waals surface area contributed by atoms with Gasteiger partial charge in [-0.05, 0) is 6.07 Å². The van der Waals surface area contributed by atoms with Crippen molar-refractivity contribution >= 4 is 22.2 Å². The van der Waals surface area contributed by atoms with E-state index in [1.54, 1.807) is 11.7 Å². The van der Waals surface area contributed by atoms with Crippen LogP contribution in [0.15, 0.2) is 30.5 Å². The largest absolute Gasteiger partial charge is 0.443 e. The van der Waals surface area contributed by atoms with Crippen LogP contribution >= 0.6 is 11.3 Å². The van der Waals surface area contributed by atoms with Gasteiger partial charge in [-0.2, -0.15) is 18.3 Å². The number of hydrogen-bond acceptors (Lipinski definition) is 4. The third-order valence-electron chi connectivity index (χ3n) is 3.15. The smallest absolute Gasteiger partial charge is 0.318 e. The number of para-hydroxylation sites is 1. The first-order valence-corrected chi connectivity index (χ1v) is 6.89. The summed E-state index contributed by atoms with van der Waals surface area (Å²) in [4.78, 5) is 3.74. The summed E-state index contributed by atoms with van der Waals surface area (Å²) in [5.74, 6) is 0. The molecule has 0 amide bonds. The number of fused-ring (bicyclic) bond motifs is 1. The van der Waals surface area contributed by atoms with Crippen molar-refractivity contribution in [2.75, 3.05) is 0 Å². The van der Waals surface area contributed by atoms with Crippen LogP contribution in [-0.4, -0.2) is 14.8 Å². The van der Waals surface area contributed by atoms with Crippen molar-refractivity contribution in [1.82, 2.24) is 14.8 Å². The molecule has 0 aliphatic carbocycles. The lowest BCUT2D eigenvalue weighted by Gasteiger charge is -2.06. The van der Waals surface area contributed by atoms with E-state index in [1.165, 1.54) is 6.20 Å². The van der Waals surface area contributed by atoms with Gasteiger partial charge in [-0.3, -0.25) is 4.68 Å². The van der Waals surface area contributed by atoms with Crippen LogP contribution in [0.2, 0.25) is 0 Å². The Bertz CT molecular complexity index is 790. The Balaban J connectivity index is 2.05. The quantitative estimate of drug-likeness (QED) is 0.791. The molecule has 0 radical (unpaired) electrons. The molecule has 3 rings (SSSR count). The third-order valence-corrected chi connectivity index (χ3v) is 4.28. The van der Waals surface area contributed by atoms with Gasteiger partial charge in [0.15, 0.2) is 5.01 Å². The van der Waals surface area contributed by atoms with E-state index in [-0.39, 0.29) is 0 Å². The fourth-order valence-electron chi connectivity index (χ4n) is 2.17. The van der Waals surface area contributed by atoms with E-state index in [4.69, 9.17) is 5.73 Å². The van der Waals surface area contributed by atoms with Crippen LogP contribution in [0.25, 0.3) is 10.9 Å². The van der Waals surface area contributed by atoms with E-state index in [0.717, 1.165) is 10.9 Å². The Morgan fingerprint density at radius 1 is 1.29 bits per heavy atom. The van der Waals surface area contributed by atoms with E-state index in [9.17, 15) is 13.2 Å². The first-order chi connectivity index (χ1) is 9.88. The number of aromatic nitrogens is 3. The second-order valence-electron chi connectivity index (χ2n) is 4.57. The minimum atomic E-state index is -4.45. The lowest BCUT2D eigenvalue weighted by molar-refractivity contribution is -0.137. The zero-order valence-electron chi connectivity index (χ0n) is 10.9. The van der Waals surface area contributed by atoms with Gasteiger partial charge in [-0.15, -0.1) is 11.3 Å². The summed E-state index contributed by atoms with van der Waals surface area (Å²) in [7, 11) is 1.77. The number of hydrogen-bond donors (Lipinski definition) is 1. The summed E-state index contributed by atoms with van der Waals surface area (Å²) in [5.41, 5.74) is 7.50. The number of rotatable bonds is 2. The van der Waals surface area contributed by atoms with Gasteiger partial charge in [0, 0.05) is 23.5 Å². The molecule has 1 aromatic carbocycles. The standard InChI is InChI=1S/C13H11F3N4S/c1-20-8-5-3-2-4-7(8)11(19-20)10(17)9-6-18-12(21-9)13(14,15)16/h2-6,10H,17H2,1H3. The minimum absolute atomic E-state index is 0.339. The molecule has 0 aliphatic rings. The van der Waals surface area contributed by atoms with Crippen molar-refractivity contribution in [1.29, 1.82) is 0 Å². The molecule has 2 aromatic heterocycles. The highest BCUT2D eigenvalue weighted by atomic mass is 32.1. The maximum Gasteiger partial charge on any atom is 0.443 e. The lowest BCUT2D eigenvalue weighted by atomic mass is 10.1. The van der Waals surface area contributed by atoms with E-state index < -0.39 is 17.2 Å². The molecule has 0 saturated carbocycles. The van der Waals surface area contributed by atoms with Gasteiger partial charge in [0.1, 0.15) is 0 Å². The maximum absolute atomic E-state index is 12.6. The summed E-state index contributed by atoms with van der Waals surface area (Å²) in [6, 6.07) is 6.71. The Hall–Kier alpha value is -1.93. The summed E-state index contributed by atoms with van der Waals surface area (Å²) >= 11 is 0.550. The molecule has 0 aliphatic heterocycles. The number of benzene rings is 1. The molecule has 0 saturated heterocycles. The molecule has 2 heterocycles. The molecular weight excluding hydrogens is 301 g/mol. The Kier molecular flexibility index (Phi) is 3.22. The summed E-state index contributed by atoms with van der Waals surface area (Å²) < 4.78 is 39.5. The first kappa shape index (κ1) is 14.0. The molecular formula is C13H11F3N4S. The van der Waals surface area contributed by atoms with Crippen molar-refractivity contribution in [2.45, 2.75) is 12.2 Å². The third kappa shape index (κ3) is 2.40. The van der Waals surface area contributed by atoms with Crippen LogP contribution in [-0.2, 0) is 13.2 Å². The monoisotopic (exact) mass is 312 g/mol. The van der Waals surface area contributed by atoms with Crippen LogP contribution < -0.4 is 5.73 Å². The lowest BCUT2D eigenvalue weighted by Crippen LogP contribution is -2.11. The highest BCUT2D eigenvalue weighted by Gasteiger charge is 2.35. The number of nitrogens with two attached hydrogens (primary N) is 1. The second kappa shape index (κ2) is 4.81. The van der Waals surface area contributed by atoms with Gasteiger partial charge < -0.3 is 5.73 Å². The molecule has 1 atom stereocenters. The highest BCUT2D eigenvalue weighted by Crippen LogP contribution is 2.36. The van der Waals surface area contributed by atoms with E-state index >= 15 is 0 Å². The highest BCUT2D eigenvalue weighted by molar-refractivity contribution is 7.11. The molecule has 0 fully saturated rings. The Morgan fingerprint density at radius 3 is 2.67 bits per heavy atom. The molecule has 110 valence electrons. The van der Waals surface area contributed by atoms with E-state index in [1.807, 2.05) is 24.3 Å². The first-order valence-electron chi connectivity index (χ1n) is 6.08. The van der Waals surface area contributed by atoms with Crippen molar-refractivity contribution in [2.24, 2.45) is 12.8 Å². The molecule has 1 unspecified atom stereocenters. The zero-order valence-corrected chi connectivity index (χ0v) is 11.7. The van der Waals surface area contributed by atoms with Crippen molar-refractivity contribution < 1.29 is 13.2 Å². The Labute approximate surface area is 122 Å². The number of nitrogens with zero attached hydrogens (tertiary/aromatic N) is 3. The van der Waals surface area contributed by atoms with Gasteiger partial charge in [-0.25, -0.2) is 4.98 Å².